The van der Waals surface area contributed by atoms with Gasteiger partial charge in [-0.15, -0.1) is 10.2 Å². The molecule has 0 aliphatic carbocycles. The van der Waals surface area contributed by atoms with Crippen molar-refractivity contribution >= 4 is 23.6 Å². The first-order chi connectivity index (χ1) is 16.4. The number of nitrogens with one attached hydrogen (secondary N) is 2. The topological polar surface area (TPSA) is 88.9 Å². The van der Waals surface area contributed by atoms with Gasteiger partial charge in [0.05, 0.1) is 11.4 Å². The molecule has 34 heavy (non-hydrogen) atoms. The summed E-state index contributed by atoms with van der Waals surface area (Å²) in [6.45, 7) is 4.08. The second-order valence-electron chi connectivity index (χ2n) is 7.57. The minimum atomic E-state index is -0.539. The summed E-state index contributed by atoms with van der Waals surface area (Å²) in [5, 5.41) is 9.23. The van der Waals surface area contributed by atoms with Gasteiger partial charge in [0.1, 0.15) is 5.82 Å². The summed E-state index contributed by atoms with van der Waals surface area (Å²) in [6, 6.07) is 20.8. The zero-order chi connectivity index (χ0) is 24.1. The molecule has 0 atom stereocenters. The molecule has 0 bridgehead atoms. The molecular formula is C25H22FN5O2S. The van der Waals surface area contributed by atoms with Crippen LogP contribution in [-0.4, -0.2) is 32.3 Å². The zero-order valence-corrected chi connectivity index (χ0v) is 19.4. The van der Waals surface area contributed by atoms with Gasteiger partial charge in [-0.05, 0) is 61.4 Å². The second-order valence-corrected chi connectivity index (χ2v) is 8.52. The largest absolute Gasteiger partial charge is 0.272 e. The van der Waals surface area contributed by atoms with Crippen LogP contribution in [0.3, 0.4) is 0 Å². The SMILES string of the molecule is Cc1ccc(-n2c(SCC(=O)NNC(=O)c3ccc(F)cc3)nnc2-c2ccccc2)cc1C. The Hall–Kier alpha value is -3.98. The van der Waals surface area contributed by atoms with E-state index in [4.69, 9.17) is 0 Å². The van der Waals surface area contributed by atoms with Crippen molar-refractivity contribution in [2.75, 3.05) is 5.75 Å². The van der Waals surface area contributed by atoms with Gasteiger partial charge in [0, 0.05) is 11.1 Å². The van der Waals surface area contributed by atoms with Gasteiger partial charge in [0.15, 0.2) is 11.0 Å². The van der Waals surface area contributed by atoms with E-state index >= 15 is 0 Å². The van der Waals surface area contributed by atoms with Crippen molar-refractivity contribution in [1.82, 2.24) is 25.6 Å². The molecule has 0 radical (unpaired) electrons. The third kappa shape index (κ3) is 5.32. The van der Waals surface area contributed by atoms with Crippen molar-refractivity contribution in [2.24, 2.45) is 0 Å². The normalized spacial score (nSPS) is 10.7. The van der Waals surface area contributed by atoms with Gasteiger partial charge in [-0.2, -0.15) is 0 Å². The highest BCUT2D eigenvalue weighted by atomic mass is 32.2. The maximum atomic E-state index is 13.0. The number of hydrogen-bond donors (Lipinski definition) is 2. The number of thioether (sulfide) groups is 1. The number of hydrazine groups is 1. The molecule has 2 N–H and O–H groups in total. The number of hydrogen-bond acceptors (Lipinski definition) is 5. The van der Waals surface area contributed by atoms with Crippen LogP contribution in [0, 0.1) is 19.7 Å². The highest BCUT2D eigenvalue weighted by molar-refractivity contribution is 7.99. The lowest BCUT2D eigenvalue weighted by atomic mass is 10.1. The van der Waals surface area contributed by atoms with Crippen LogP contribution in [0.4, 0.5) is 4.39 Å². The third-order valence-corrected chi connectivity index (χ3v) is 6.10. The maximum absolute atomic E-state index is 13.0. The number of halogens is 1. The first-order valence-corrected chi connectivity index (χ1v) is 11.5. The minimum absolute atomic E-state index is 0.00145. The second kappa shape index (κ2) is 10.3. The van der Waals surface area contributed by atoms with E-state index in [1.165, 1.54) is 41.6 Å². The van der Waals surface area contributed by atoms with E-state index in [0.29, 0.717) is 11.0 Å². The molecule has 0 spiro atoms. The molecule has 0 aliphatic rings. The molecule has 4 aromatic rings. The van der Waals surface area contributed by atoms with Gasteiger partial charge in [0.2, 0.25) is 5.91 Å². The van der Waals surface area contributed by atoms with Gasteiger partial charge in [0.25, 0.3) is 5.91 Å². The molecule has 9 heteroatoms. The molecule has 1 heterocycles. The Morgan fingerprint density at radius 3 is 2.35 bits per heavy atom. The molecule has 0 fully saturated rings. The van der Waals surface area contributed by atoms with Gasteiger partial charge in [-0.1, -0.05) is 48.2 Å². The van der Waals surface area contributed by atoms with Crippen molar-refractivity contribution in [2.45, 2.75) is 19.0 Å². The summed E-state index contributed by atoms with van der Waals surface area (Å²) >= 11 is 1.20. The number of carbonyl (C=O) groups excluding carboxylic acids is 2. The highest BCUT2D eigenvalue weighted by Gasteiger charge is 2.18. The Kier molecular flexibility index (Phi) is 7.03. The van der Waals surface area contributed by atoms with E-state index in [1.54, 1.807) is 0 Å². The molecule has 0 saturated heterocycles. The van der Waals surface area contributed by atoms with Gasteiger partial charge >= 0.3 is 0 Å². The van der Waals surface area contributed by atoms with Crippen molar-refractivity contribution in [3.05, 3.63) is 95.3 Å². The van der Waals surface area contributed by atoms with Crippen molar-refractivity contribution < 1.29 is 14.0 Å². The van der Waals surface area contributed by atoms with Crippen LogP contribution < -0.4 is 10.9 Å². The van der Waals surface area contributed by atoms with Gasteiger partial charge in [-0.25, -0.2) is 4.39 Å². The average molecular weight is 476 g/mol. The van der Waals surface area contributed by atoms with Crippen LogP contribution in [0.5, 0.6) is 0 Å². The fourth-order valence-electron chi connectivity index (χ4n) is 3.20. The van der Waals surface area contributed by atoms with Crippen molar-refractivity contribution in [1.29, 1.82) is 0 Å². The van der Waals surface area contributed by atoms with Gasteiger partial charge in [-0.3, -0.25) is 25.0 Å². The monoisotopic (exact) mass is 475 g/mol. The molecule has 0 aliphatic heterocycles. The van der Waals surface area contributed by atoms with E-state index in [-0.39, 0.29) is 11.3 Å². The Bertz CT molecular complexity index is 1320. The lowest BCUT2D eigenvalue weighted by molar-refractivity contribution is -0.119. The first kappa shape index (κ1) is 23.2. The van der Waals surface area contributed by atoms with E-state index in [0.717, 1.165) is 16.8 Å². The lowest BCUT2D eigenvalue weighted by Gasteiger charge is -2.12. The summed E-state index contributed by atoms with van der Waals surface area (Å²) in [4.78, 5) is 24.5. The molecule has 2 amide bonds. The van der Waals surface area contributed by atoms with E-state index in [9.17, 15) is 14.0 Å². The third-order valence-electron chi connectivity index (χ3n) is 5.17. The maximum Gasteiger partial charge on any atom is 0.269 e. The van der Waals surface area contributed by atoms with Gasteiger partial charge < -0.3 is 0 Å². The number of amides is 2. The Labute approximate surface area is 200 Å². The van der Waals surface area contributed by atoms with Crippen LogP contribution in [0.25, 0.3) is 17.1 Å². The summed E-state index contributed by atoms with van der Waals surface area (Å²) in [5.41, 5.74) is 9.02. The quantitative estimate of drug-likeness (QED) is 0.322. The number of aryl methyl sites for hydroxylation is 2. The fraction of sp³-hybridized carbons (Fsp3) is 0.120. The van der Waals surface area contributed by atoms with Crippen molar-refractivity contribution in [3.63, 3.8) is 0 Å². The standard InChI is InChI=1S/C25H22FN5O2S/c1-16-8-13-21(14-17(16)2)31-23(18-6-4-3-5-7-18)28-30-25(31)34-15-22(32)27-29-24(33)19-9-11-20(26)12-10-19/h3-14H,15H2,1-2H3,(H,27,32)(H,29,33). The average Bonchev–Trinajstić information content (AvgIpc) is 3.28. The smallest absolute Gasteiger partial charge is 0.269 e. The minimum Gasteiger partial charge on any atom is -0.272 e. The number of rotatable bonds is 6. The molecule has 172 valence electrons. The molecule has 3 aromatic carbocycles. The number of benzene rings is 3. The zero-order valence-electron chi connectivity index (χ0n) is 18.6. The van der Waals surface area contributed by atoms with Crippen LogP contribution in [0.15, 0.2) is 78.0 Å². The fourth-order valence-corrected chi connectivity index (χ4v) is 3.95. The van der Waals surface area contributed by atoms with E-state index < -0.39 is 17.6 Å². The van der Waals surface area contributed by atoms with Crippen molar-refractivity contribution in [3.8, 4) is 17.1 Å². The molecule has 0 unspecified atom stereocenters. The summed E-state index contributed by atoms with van der Waals surface area (Å²) in [6.07, 6.45) is 0. The number of aromatic nitrogens is 3. The van der Waals surface area contributed by atoms with Crippen LogP contribution in [-0.2, 0) is 4.79 Å². The van der Waals surface area contributed by atoms with E-state index in [1.807, 2.05) is 60.9 Å². The highest BCUT2D eigenvalue weighted by Crippen LogP contribution is 2.28. The molecule has 0 saturated carbocycles. The molecular weight excluding hydrogens is 453 g/mol. The molecule has 7 nitrogen and oxygen atoms in total. The Morgan fingerprint density at radius 2 is 1.65 bits per heavy atom. The molecule has 4 rings (SSSR count). The van der Waals surface area contributed by atoms with Crippen LogP contribution in [0.1, 0.15) is 21.5 Å². The Morgan fingerprint density at radius 1 is 0.912 bits per heavy atom. The number of nitrogens with zero attached hydrogens (tertiary/aromatic N) is 3. The van der Waals surface area contributed by atoms with Crippen LogP contribution >= 0.6 is 11.8 Å². The number of carbonyl (C=O) groups is 2. The predicted octanol–water partition coefficient (Wildman–Crippen LogP) is 4.24. The summed E-state index contributed by atoms with van der Waals surface area (Å²) in [7, 11) is 0. The first-order valence-electron chi connectivity index (χ1n) is 10.5. The molecule has 1 aromatic heterocycles. The summed E-state index contributed by atoms with van der Waals surface area (Å²) < 4.78 is 14.9. The predicted molar refractivity (Wildman–Crippen MR) is 129 cm³/mol. The van der Waals surface area contributed by atoms with E-state index in [2.05, 4.69) is 27.1 Å². The van der Waals surface area contributed by atoms with Crippen LogP contribution in [0.2, 0.25) is 0 Å². The lowest BCUT2D eigenvalue weighted by Crippen LogP contribution is -2.42. The Balaban J connectivity index is 1.49. The summed E-state index contributed by atoms with van der Waals surface area (Å²) in [5.74, 6) is -0.739.